The Labute approximate surface area is 113 Å². The van der Waals surface area contributed by atoms with Crippen molar-refractivity contribution in [3.05, 3.63) is 11.7 Å². The first kappa shape index (κ1) is 13.0. The second-order valence-electron chi connectivity index (χ2n) is 5.44. The van der Waals surface area contributed by atoms with E-state index in [-0.39, 0.29) is 12.1 Å². The van der Waals surface area contributed by atoms with Gasteiger partial charge in [0.25, 0.3) is 0 Å². The van der Waals surface area contributed by atoms with E-state index in [1.54, 1.807) is 0 Å². The maximum absolute atomic E-state index is 5.75. The van der Waals surface area contributed by atoms with E-state index in [4.69, 9.17) is 9.26 Å². The van der Waals surface area contributed by atoms with Crippen LogP contribution in [0.25, 0.3) is 0 Å². The molecule has 1 N–H and O–H groups in total. The molecule has 3 heterocycles. The van der Waals surface area contributed by atoms with E-state index < -0.39 is 0 Å². The Morgan fingerprint density at radius 1 is 1.47 bits per heavy atom. The zero-order valence-electron chi connectivity index (χ0n) is 11.6. The van der Waals surface area contributed by atoms with Gasteiger partial charge in [-0.25, -0.2) is 0 Å². The number of ether oxygens (including phenoxy) is 1. The van der Waals surface area contributed by atoms with E-state index >= 15 is 0 Å². The first-order valence-electron chi connectivity index (χ1n) is 7.18. The monoisotopic (exact) mass is 266 g/mol. The second-order valence-corrected chi connectivity index (χ2v) is 5.44. The first-order valence-corrected chi connectivity index (χ1v) is 7.18. The summed E-state index contributed by atoms with van der Waals surface area (Å²) >= 11 is 0. The standard InChI is InChI=1S/C13H22N4O2/c1-3-17-6-7-18-10(8-17)12-15-13(19-16-12)11-9(2)4-5-14-11/h9-11,14H,3-8H2,1-2H3. The molecule has 6 heteroatoms. The molecular formula is C13H22N4O2. The van der Waals surface area contributed by atoms with E-state index in [0.29, 0.717) is 17.6 Å². The van der Waals surface area contributed by atoms with E-state index in [9.17, 15) is 0 Å². The minimum absolute atomic E-state index is 0.0529. The highest BCUT2D eigenvalue weighted by Crippen LogP contribution is 2.29. The molecule has 1 aromatic rings. The van der Waals surface area contributed by atoms with Gasteiger partial charge in [0, 0.05) is 13.1 Å². The van der Waals surface area contributed by atoms with Crippen LogP contribution in [0.4, 0.5) is 0 Å². The number of likely N-dealkylation sites (N-methyl/N-ethyl adjacent to an activating group) is 1. The Kier molecular flexibility index (Phi) is 3.81. The van der Waals surface area contributed by atoms with Crippen LogP contribution in [0.15, 0.2) is 4.52 Å². The molecule has 3 rings (SSSR count). The Balaban J connectivity index is 1.70. The average Bonchev–Trinajstić information content (AvgIpc) is 3.07. The summed E-state index contributed by atoms with van der Waals surface area (Å²) in [4.78, 5) is 6.89. The van der Waals surface area contributed by atoms with Gasteiger partial charge in [0.15, 0.2) is 0 Å². The first-order chi connectivity index (χ1) is 9.28. The van der Waals surface area contributed by atoms with Crippen LogP contribution in [-0.2, 0) is 4.74 Å². The van der Waals surface area contributed by atoms with Crippen molar-refractivity contribution < 1.29 is 9.26 Å². The smallest absolute Gasteiger partial charge is 0.244 e. The van der Waals surface area contributed by atoms with E-state index in [1.807, 2.05) is 0 Å². The Hall–Kier alpha value is -0.980. The van der Waals surface area contributed by atoms with Gasteiger partial charge in [-0.3, -0.25) is 4.90 Å². The Morgan fingerprint density at radius 3 is 3.11 bits per heavy atom. The highest BCUT2D eigenvalue weighted by molar-refractivity contribution is 5.00. The summed E-state index contributed by atoms with van der Waals surface area (Å²) in [5.74, 6) is 1.94. The van der Waals surface area contributed by atoms with Crippen molar-refractivity contribution in [1.82, 2.24) is 20.4 Å². The van der Waals surface area contributed by atoms with Crippen LogP contribution in [0.3, 0.4) is 0 Å². The summed E-state index contributed by atoms with van der Waals surface area (Å²) in [7, 11) is 0. The van der Waals surface area contributed by atoms with Gasteiger partial charge in [0.2, 0.25) is 11.7 Å². The van der Waals surface area contributed by atoms with Crippen LogP contribution in [0.5, 0.6) is 0 Å². The predicted molar refractivity (Wildman–Crippen MR) is 69.6 cm³/mol. The zero-order chi connectivity index (χ0) is 13.2. The Morgan fingerprint density at radius 2 is 2.37 bits per heavy atom. The van der Waals surface area contributed by atoms with Gasteiger partial charge < -0.3 is 14.6 Å². The summed E-state index contributed by atoms with van der Waals surface area (Å²) in [5, 5.41) is 7.52. The molecular weight excluding hydrogens is 244 g/mol. The summed E-state index contributed by atoms with van der Waals surface area (Å²) in [6.07, 6.45) is 1.11. The fraction of sp³-hybridized carbons (Fsp3) is 0.846. The van der Waals surface area contributed by atoms with Gasteiger partial charge in [-0.1, -0.05) is 19.0 Å². The number of hydrogen-bond donors (Lipinski definition) is 1. The fourth-order valence-corrected chi connectivity index (χ4v) is 2.82. The Bertz CT molecular complexity index is 423. The molecule has 1 aromatic heterocycles. The zero-order valence-corrected chi connectivity index (χ0v) is 11.6. The van der Waals surface area contributed by atoms with Crippen LogP contribution in [0.2, 0.25) is 0 Å². The van der Waals surface area contributed by atoms with Gasteiger partial charge in [0.05, 0.1) is 12.6 Å². The van der Waals surface area contributed by atoms with Crippen LogP contribution >= 0.6 is 0 Å². The second kappa shape index (κ2) is 5.56. The number of morpholine rings is 1. The van der Waals surface area contributed by atoms with Gasteiger partial charge in [-0.2, -0.15) is 4.98 Å². The molecule has 3 atom stereocenters. The topological polar surface area (TPSA) is 63.4 Å². The predicted octanol–water partition coefficient (Wildman–Crippen LogP) is 1.13. The third-order valence-corrected chi connectivity index (χ3v) is 4.14. The summed E-state index contributed by atoms with van der Waals surface area (Å²) in [5.41, 5.74) is 0. The number of hydrogen-bond acceptors (Lipinski definition) is 6. The maximum atomic E-state index is 5.75. The molecule has 2 saturated heterocycles. The van der Waals surface area contributed by atoms with E-state index in [2.05, 4.69) is 34.2 Å². The number of rotatable bonds is 3. The molecule has 19 heavy (non-hydrogen) atoms. The molecule has 2 fully saturated rings. The lowest BCUT2D eigenvalue weighted by Crippen LogP contribution is -2.38. The van der Waals surface area contributed by atoms with Gasteiger partial charge in [-0.15, -0.1) is 0 Å². The van der Waals surface area contributed by atoms with E-state index in [1.165, 1.54) is 0 Å². The highest BCUT2D eigenvalue weighted by atomic mass is 16.5. The lowest BCUT2D eigenvalue weighted by molar-refractivity contribution is -0.0334. The van der Waals surface area contributed by atoms with Crippen molar-refractivity contribution in [2.45, 2.75) is 32.4 Å². The quantitative estimate of drug-likeness (QED) is 0.885. The molecule has 0 radical (unpaired) electrons. The van der Waals surface area contributed by atoms with Gasteiger partial charge in [0.1, 0.15) is 6.10 Å². The van der Waals surface area contributed by atoms with Crippen molar-refractivity contribution in [3.8, 4) is 0 Å². The third kappa shape index (κ3) is 2.66. The summed E-state index contributed by atoms with van der Waals surface area (Å²) in [6.45, 7) is 9.00. The molecule has 0 aromatic carbocycles. The van der Waals surface area contributed by atoms with Crippen molar-refractivity contribution in [1.29, 1.82) is 0 Å². The minimum Gasteiger partial charge on any atom is -0.367 e. The van der Waals surface area contributed by atoms with E-state index in [0.717, 1.165) is 39.2 Å². The molecule has 3 unspecified atom stereocenters. The van der Waals surface area contributed by atoms with Crippen molar-refractivity contribution in [2.24, 2.45) is 5.92 Å². The van der Waals surface area contributed by atoms with Crippen molar-refractivity contribution in [2.75, 3.05) is 32.8 Å². The van der Waals surface area contributed by atoms with Crippen LogP contribution in [0, 0.1) is 5.92 Å². The maximum Gasteiger partial charge on any atom is 0.244 e. The highest BCUT2D eigenvalue weighted by Gasteiger charge is 2.31. The van der Waals surface area contributed by atoms with Crippen LogP contribution < -0.4 is 5.32 Å². The fourth-order valence-electron chi connectivity index (χ4n) is 2.82. The third-order valence-electron chi connectivity index (χ3n) is 4.14. The van der Waals surface area contributed by atoms with Crippen LogP contribution in [0.1, 0.15) is 44.1 Å². The summed E-state index contributed by atoms with van der Waals surface area (Å²) in [6, 6.07) is 0.201. The molecule has 0 amide bonds. The molecule has 0 spiro atoms. The largest absolute Gasteiger partial charge is 0.367 e. The average molecular weight is 266 g/mol. The number of aromatic nitrogens is 2. The molecule has 0 saturated carbocycles. The van der Waals surface area contributed by atoms with Crippen molar-refractivity contribution in [3.63, 3.8) is 0 Å². The SMILES string of the molecule is CCN1CCOC(c2noc(C3NCCC3C)n2)C1. The molecule has 0 aliphatic carbocycles. The summed E-state index contributed by atoms with van der Waals surface area (Å²) < 4.78 is 11.2. The normalized spacial score (nSPS) is 32.8. The lowest BCUT2D eigenvalue weighted by Gasteiger charge is -2.30. The number of nitrogens with zero attached hydrogens (tertiary/aromatic N) is 3. The van der Waals surface area contributed by atoms with Gasteiger partial charge >= 0.3 is 0 Å². The lowest BCUT2D eigenvalue weighted by atomic mass is 10.0. The molecule has 6 nitrogen and oxygen atoms in total. The van der Waals surface area contributed by atoms with Crippen molar-refractivity contribution >= 4 is 0 Å². The molecule has 2 aliphatic rings. The van der Waals surface area contributed by atoms with Gasteiger partial charge in [-0.05, 0) is 25.4 Å². The van der Waals surface area contributed by atoms with Crippen LogP contribution in [-0.4, -0.2) is 47.8 Å². The number of nitrogens with one attached hydrogen (secondary N) is 1. The molecule has 106 valence electrons. The molecule has 2 aliphatic heterocycles. The minimum atomic E-state index is -0.0529. The molecule has 0 bridgehead atoms.